The van der Waals surface area contributed by atoms with E-state index in [4.69, 9.17) is 0 Å². The Labute approximate surface area is 104 Å². The van der Waals surface area contributed by atoms with Crippen molar-refractivity contribution in [2.24, 2.45) is 0 Å². The van der Waals surface area contributed by atoms with Gasteiger partial charge in [0.25, 0.3) is 0 Å². The van der Waals surface area contributed by atoms with Crippen LogP contribution in [0.5, 0.6) is 0 Å². The molecule has 0 unspecified atom stereocenters. The molecular formula is C17H18. The lowest BCUT2D eigenvalue weighted by molar-refractivity contribution is 1.30. The molecule has 0 fully saturated rings. The van der Waals surface area contributed by atoms with Gasteiger partial charge in [-0.2, -0.15) is 0 Å². The fraction of sp³-hybridized carbons (Fsp3) is 0.176. The van der Waals surface area contributed by atoms with Crippen molar-refractivity contribution in [2.45, 2.75) is 20.8 Å². The summed E-state index contributed by atoms with van der Waals surface area (Å²) in [6, 6.07) is 14.9. The summed E-state index contributed by atoms with van der Waals surface area (Å²) in [7, 11) is 0. The molecule has 0 heterocycles. The maximum atomic E-state index is 2.23. The van der Waals surface area contributed by atoms with E-state index in [2.05, 4.69) is 69.3 Å². The molecule has 86 valence electrons. The standard InChI is InChI=1S/C17H18/c1-13-11-14(2)17(15(3)12-13)10-9-16-7-5-4-6-8-16/h4-12H,1-3H3. The van der Waals surface area contributed by atoms with Crippen LogP contribution in [-0.2, 0) is 0 Å². The zero-order valence-corrected chi connectivity index (χ0v) is 10.7. The molecule has 17 heavy (non-hydrogen) atoms. The quantitative estimate of drug-likeness (QED) is 0.641. The van der Waals surface area contributed by atoms with E-state index in [0.29, 0.717) is 0 Å². The second kappa shape index (κ2) is 5.01. The molecule has 0 amide bonds. The Balaban J connectivity index is 2.34. The first kappa shape index (κ1) is 11.7. The van der Waals surface area contributed by atoms with Crippen molar-refractivity contribution in [3.63, 3.8) is 0 Å². The molecule has 2 aromatic carbocycles. The fourth-order valence-electron chi connectivity index (χ4n) is 2.20. The maximum Gasteiger partial charge on any atom is -0.0198 e. The van der Waals surface area contributed by atoms with Gasteiger partial charge in [0.15, 0.2) is 0 Å². The van der Waals surface area contributed by atoms with Gasteiger partial charge in [-0.25, -0.2) is 0 Å². The van der Waals surface area contributed by atoms with E-state index in [0.717, 1.165) is 0 Å². The fourth-order valence-corrected chi connectivity index (χ4v) is 2.20. The summed E-state index contributed by atoms with van der Waals surface area (Å²) in [6.07, 6.45) is 4.38. The zero-order chi connectivity index (χ0) is 12.3. The van der Waals surface area contributed by atoms with Crippen molar-refractivity contribution >= 4 is 12.2 Å². The van der Waals surface area contributed by atoms with E-state index in [1.165, 1.54) is 27.8 Å². The van der Waals surface area contributed by atoms with Crippen LogP contribution in [0.4, 0.5) is 0 Å². The van der Waals surface area contributed by atoms with Gasteiger partial charge in [-0.15, -0.1) is 0 Å². The summed E-state index contributed by atoms with van der Waals surface area (Å²) >= 11 is 0. The minimum absolute atomic E-state index is 1.24. The highest BCUT2D eigenvalue weighted by Crippen LogP contribution is 2.19. The Bertz CT molecular complexity index is 510. The Hall–Kier alpha value is -1.82. The van der Waals surface area contributed by atoms with Gasteiger partial charge in [-0.05, 0) is 43.0 Å². The van der Waals surface area contributed by atoms with Crippen LogP contribution in [0.15, 0.2) is 42.5 Å². The van der Waals surface area contributed by atoms with Crippen LogP contribution in [-0.4, -0.2) is 0 Å². The molecule has 0 aliphatic carbocycles. The second-order valence-electron chi connectivity index (χ2n) is 4.56. The Morgan fingerprint density at radius 3 is 1.94 bits per heavy atom. The zero-order valence-electron chi connectivity index (χ0n) is 10.7. The molecule has 0 radical (unpaired) electrons. The number of hydrogen-bond acceptors (Lipinski definition) is 0. The normalized spacial score (nSPS) is 11.0. The third-order valence-corrected chi connectivity index (χ3v) is 2.98. The van der Waals surface area contributed by atoms with Crippen LogP contribution in [0.1, 0.15) is 27.8 Å². The molecule has 0 spiro atoms. The molecule has 0 nitrogen and oxygen atoms in total. The van der Waals surface area contributed by atoms with E-state index in [-0.39, 0.29) is 0 Å². The first-order chi connectivity index (χ1) is 8.16. The highest BCUT2D eigenvalue weighted by Gasteiger charge is 1.99. The average molecular weight is 222 g/mol. The van der Waals surface area contributed by atoms with Crippen molar-refractivity contribution in [1.29, 1.82) is 0 Å². The van der Waals surface area contributed by atoms with Crippen LogP contribution in [0.25, 0.3) is 12.2 Å². The number of rotatable bonds is 2. The van der Waals surface area contributed by atoms with Crippen LogP contribution < -0.4 is 0 Å². The lowest BCUT2D eigenvalue weighted by Gasteiger charge is -2.07. The number of hydrogen-bond donors (Lipinski definition) is 0. The molecule has 0 aliphatic heterocycles. The predicted octanol–water partition coefficient (Wildman–Crippen LogP) is 4.78. The van der Waals surface area contributed by atoms with Gasteiger partial charge in [-0.3, -0.25) is 0 Å². The number of benzene rings is 2. The SMILES string of the molecule is Cc1cc(C)c(C=Cc2ccccc2)c(C)c1. The van der Waals surface area contributed by atoms with Crippen LogP contribution in [0.3, 0.4) is 0 Å². The predicted molar refractivity (Wildman–Crippen MR) is 76.0 cm³/mol. The molecule has 2 aromatic rings. The van der Waals surface area contributed by atoms with Gasteiger partial charge in [-0.1, -0.05) is 60.2 Å². The van der Waals surface area contributed by atoms with E-state index in [1.54, 1.807) is 0 Å². The lowest BCUT2D eigenvalue weighted by Crippen LogP contribution is -1.88. The van der Waals surface area contributed by atoms with Crippen LogP contribution in [0, 0.1) is 20.8 Å². The highest BCUT2D eigenvalue weighted by molar-refractivity contribution is 5.72. The monoisotopic (exact) mass is 222 g/mol. The van der Waals surface area contributed by atoms with Crippen LogP contribution >= 0.6 is 0 Å². The smallest absolute Gasteiger partial charge is 0.0198 e. The first-order valence-corrected chi connectivity index (χ1v) is 5.98. The summed E-state index contributed by atoms with van der Waals surface area (Å²) < 4.78 is 0. The highest BCUT2D eigenvalue weighted by atomic mass is 14.0. The molecule has 0 atom stereocenters. The van der Waals surface area contributed by atoms with Gasteiger partial charge in [0.05, 0.1) is 0 Å². The molecule has 0 aromatic heterocycles. The summed E-state index contributed by atoms with van der Waals surface area (Å²) in [4.78, 5) is 0. The topological polar surface area (TPSA) is 0 Å². The van der Waals surface area contributed by atoms with E-state index >= 15 is 0 Å². The van der Waals surface area contributed by atoms with E-state index < -0.39 is 0 Å². The molecule has 2 rings (SSSR count). The first-order valence-electron chi connectivity index (χ1n) is 5.98. The summed E-state index contributed by atoms with van der Waals surface area (Å²) in [5.41, 5.74) is 6.59. The van der Waals surface area contributed by atoms with Gasteiger partial charge >= 0.3 is 0 Å². The third-order valence-electron chi connectivity index (χ3n) is 2.98. The molecule has 0 N–H and O–H groups in total. The molecule has 0 saturated carbocycles. The second-order valence-corrected chi connectivity index (χ2v) is 4.56. The van der Waals surface area contributed by atoms with Crippen molar-refractivity contribution in [2.75, 3.05) is 0 Å². The van der Waals surface area contributed by atoms with Gasteiger partial charge in [0.2, 0.25) is 0 Å². The van der Waals surface area contributed by atoms with Crippen molar-refractivity contribution in [1.82, 2.24) is 0 Å². The average Bonchev–Trinajstić information content (AvgIpc) is 2.29. The molecule has 0 heteroatoms. The van der Waals surface area contributed by atoms with E-state index in [1.807, 2.05) is 6.07 Å². The summed E-state index contributed by atoms with van der Waals surface area (Å²) in [5, 5.41) is 0. The van der Waals surface area contributed by atoms with Gasteiger partial charge < -0.3 is 0 Å². The van der Waals surface area contributed by atoms with Crippen LogP contribution in [0.2, 0.25) is 0 Å². The summed E-state index contributed by atoms with van der Waals surface area (Å²) in [6.45, 7) is 6.49. The van der Waals surface area contributed by atoms with E-state index in [9.17, 15) is 0 Å². The van der Waals surface area contributed by atoms with Gasteiger partial charge in [0.1, 0.15) is 0 Å². The van der Waals surface area contributed by atoms with Crippen molar-refractivity contribution in [3.8, 4) is 0 Å². The minimum atomic E-state index is 1.24. The molecule has 0 saturated heterocycles. The molecule has 0 aliphatic rings. The molecule has 0 bridgehead atoms. The minimum Gasteiger partial charge on any atom is -0.0622 e. The largest absolute Gasteiger partial charge is 0.0622 e. The van der Waals surface area contributed by atoms with Crippen molar-refractivity contribution < 1.29 is 0 Å². The Morgan fingerprint density at radius 1 is 0.765 bits per heavy atom. The maximum absolute atomic E-state index is 2.23. The van der Waals surface area contributed by atoms with Gasteiger partial charge in [0, 0.05) is 0 Å². The molecular weight excluding hydrogens is 204 g/mol. The van der Waals surface area contributed by atoms with Crippen molar-refractivity contribution in [3.05, 3.63) is 70.3 Å². The Morgan fingerprint density at radius 2 is 1.35 bits per heavy atom. The lowest BCUT2D eigenvalue weighted by atomic mass is 9.99. The summed E-state index contributed by atoms with van der Waals surface area (Å²) in [5.74, 6) is 0. The third kappa shape index (κ3) is 2.85. The Kier molecular flexibility index (Phi) is 3.43. The number of aryl methyl sites for hydroxylation is 3.